The van der Waals surface area contributed by atoms with Crippen LogP contribution in [0.25, 0.3) is 0 Å². The molecule has 8 nitrogen and oxygen atoms in total. The van der Waals surface area contributed by atoms with Crippen LogP contribution in [0.15, 0.2) is 36.4 Å². The molecule has 3 N–H and O–H groups in total. The van der Waals surface area contributed by atoms with Gasteiger partial charge in [0.2, 0.25) is 6.79 Å². The summed E-state index contributed by atoms with van der Waals surface area (Å²) in [7, 11) is 0. The highest BCUT2D eigenvalue weighted by molar-refractivity contribution is 5.96. The lowest BCUT2D eigenvalue weighted by molar-refractivity contribution is 0.0946. The number of anilines is 1. The van der Waals surface area contributed by atoms with E-state index in [1.54, 1.807) is 0 Å². The summed E-state index contributed by atoms with van der Waals surface area (Å²) in [6.07, 6.45) is 0. The van der Waals surface area contributed by atoms with Crippen molar-refractivity contribution in [2.24, 2.45) is 0 Å². The molecule has 1 aromatic heterocycles. The summed E-state index contributed by atoms with van der Waals surface area (Å²) in [6, 6.07) is 11.7. The van der Waals surface area contributed by atoms with E-state index in [1.165, 1.54) is 4.68 Å². The smallest absolute Gasteiger partial charge is 0.275 e. The molecule has 144 valence electrons. The van der Waals surface area contributed by atoms with Crippen molar-refractivity contribution in [3.05, 3.63) is 64.3 Å². The molecule has 28 heavy (non-hydrogen) atoms. The summed E-state index contributed by atoms with van der Waals surface area (Å²) >= 11 is 0. The highest BCUT2D eigenvalue weighted by Gasteiger charge is 2.19. The summed E-state index contributed by atoms with van der Waals surface area (Å²) < 4.78 is 12.2. The van der Waals surface area contributed by atoms with Gasteiger partial charge in [0.05, 0.1) is 6.54 Å². The number of nitrogens with two attached hydrogens (primary N) is 1. The van der Waals surface area contributed by atoms with Crippen LogP contribution in [0.5, 0.6) is 11.5 Å². The number of nitrogen functional groups attached to an aromatic ring is 1. The minimum Gasteiger partial charge on any atom is -0.454 e. The summed E-state index contributed by atoms with van der Waals surface area (Å²) in [5.74, 6) is 1.24. The molecular formula is C20H21N5O3. The number of rotatable bonds is 5. The highest BCUT2D eigenvalue weighted by atomic mass is 16.7. The predicted molar refractivity (Wildman–Crippen MR) is 103 cm³/mol. The summed E-state index contributed by atoms with van der Waals surface area (Å²) in [5, 5.41) is 10.8. The van der Waals surface area contributed by atoms with E-state index in [9.17, 15) is 4.79 Å². The molecule has 4 rings (SSSR count). The predicted octanol–water partition coefficient (Wildman–Crippen LogP) is 2.18. The number of hydrogen-bond donors (Lipinski definition) is 2. The summed E-state index contributed by atoms with van der Waals surface area (Å²) in [6.45, 7) is 5.05. The topological polar surface area (TPSA) is 104 Å². The molecule has 0 bridgehead atoms. The second-order valence-corrected chi connectivity index (χ2v) is 6.78. The maximum atomic E-state index is 12.5. The maximum absolute atomic E-state index is 12.5. The Balaban J connectivity index is 1.44. The molecule has 2 aromatic carbocycles. The molecule has 0 atom stereocenters. The SMILES string of the molecule is Cc1ccc(C)c(Cn2nnc(C(=O)NCc3ccc4c(c3)OCO4)c2N)c1. The quantitative estimate of drug-likeness (QED) is 0.704. The molecule has 0 unspecified atom stereocenters. The minimum absolute atomic E-state index is 0.117. The number of nitrogens with zero attached hydrogens (tertiary/aromatic N) is 3. The van der Waals surface area contributed by atoms with Gasteiger partial charge in [0.15, 0.2) is 23.0 Å². The zero-order valence-corrected chi connectivity index (χ0v) is 15.7. The zero-order valence-electron chi connectivity index (χ0n) is 15.7. The van der Waals surface area contributed by atoms with Crippen LogP contribution in [0, 0.1) is 13.8 Å². The summed E-state index contributed by atoms with van der Waals surface area (Å²) in [4.78, 5) is 12.5. The normalized spacial score (nSPS) is 12.2. The molecule has 1 aliphatic rings. The van der Waals surface area contributed by atoms with Crippen molar-refractivity contribution in [3.63, 3.8) is 0 Å². The van der Waals surface area contributed by atoms with Gasteiger partial charge >= 0.3 is 0 Å². The molecule has 1 aliphatic heterocycles. The molecule has 2 heterocycles. The number of ether oxygens (including phenoxy) is 2. The van der Waals surface area contributed by atoms with Crippen LogP contribution in [0.4, 0.5) is 5.82 Å². The molecular weight excluding hydrogens is 358 g/mol. The first-order valence-corrected chi connectivity index (χ1v) is 8.93. The molecule has 3 aromatic rings. The van der Waals surface area contributed by atoms with Gasteiger partial charge in [-0.2, -0.15) is 0 Å². The van der Waals surface area contributed by atoms with Gasteiger partial charge in [-0.3, -0.25) is 4.79 Å². The van der Waals surface area contributed by atoms with Gasteiger partial charge in [-0.05, 0) is 42.7 Å². The Kier molecular flexibility index (Phi) is 4.60. The minimum atomic E-state index is -0.373. The number of nitrogens with one attached hydrogen (secondary N) is 1. The Morgan fingerprint density at radius 3 is 2.86 bits per heavy atom. The van der Waals surface area contributed by atoms with E-state index in [0.29, 0.717) is 24.6 Å². The third-order valence-electron chi connectivity index (χ3n) is 4.70. The van der Waals surface area contributed by atoms with E-state index < -0.39 is 0 Å². The largest absolute Gasteiger partial charge is 0.454 e. The average Bonchev–Trinajstić information content (AvgIpc) is 3.29. The van der Waals surface area contributed by atoms with E-state index >= 15 is 0 Å². The van der Waals surface area contributed by atoms with Gasteiger partial charge in [-0.15, -0.1) is 5.10 Å². The molecule has 0 radical (unpaired) electrons. The van der Waals surface area contributed by atoms with E-state index in [0.717, 1.165) is 22.3 Å². The number of amides is 1. The second kappa shape index (κ2) is 7.22. The van der Waals surface area contributed by atoms with Crippen LogP contribution in [-0.4, -0.2) is 27.7 Å². The average molecular weight is 379 g/mol. The number of aryl methyl sites for hydroxylation is 2. The monoisotopic (exact) mass is 379 g/mol. The van der Waals surface area contributed by atoms with Gasteiger partial charge < -0.3 is 20.5 Å². The third kappa shape index (κ3) is 3.48. The lowest BCUT2D eigenvalue weighted by Crippen LogP contribution is -2.24. The van der Waals surface area contributed by atoms with Crippen molar-refractivity contribution in [1.29, 1.82) is 0 Å². The Morgan fingerprint density at radius 1 is 1.18 bits per heavy atom. The molecule has 0 fully saturated rings. The Bertz CT molecular complexity index is 1040. The molecule has 0 aliphatic carbocycles. The lowest BCUT2D eigenvalue weighted by atomic mass is 10.1. The fourth-order valence-electron chi connectivity index (χ4n) is 3.05. The maximum Gasteiger partial charge on any atom is 0.275 e. The van der Waals surface area contributed by atoms with Crippen LogP contribution in [0.1, 0.15) is 32.7 Å². The Hall–Kier alpha value is -3.55. The molecule has 0 saturated carbocycles. The number of carbonyl (C=O) groups excluding carboxylic acids is 1. The zero-order chi connectivity index (χ0) is 19.7. The third-order valence-corrected chi connectivity index (χ3v) is 4.70. The molecule has 0 saturated heterocycles. The van der Waals surface area contributed by atoms with Gasteiger partial charge in [-0.1, -0.05) is 35.0 Å². The van der Waals surface area contributed by atoms with Crippen molar-refractivity contribution < 1.29 is 14.3 Å². The summed E-state index contributed by atoms with van der Waals surface area (Å²) in [5.41, 5.74) is 10.5. The molecule has 8 heteroatoms. The number of aromatic nitrogens is 3. The van der Waals surface area contributed by atoms with E-state index in [1.807, 2.05) is 32.0 Å². The second-order valence-electron chi connectivity index (χ2n) is 6.78. The van der Waals surface area contributed by atoms with Crippen LogP contribution in [0.2, 0.25) is 0 Å². The van der Waals surface area contributed by atoms with Crippen molar-refractivity contribution in [2.75, 3.05) is 12.5 Å². The molecule has 1 amide bonds. The number of benzene rings is 2. The van der Waals surface area contributed by atoms with E-state index in [2.05, 4.69) is 33.8 Å². The lowest BCUT2D eigenvalue weighted by Gasteiger charge is -2.08. The first-order chi connectivity index (χ1) is 13.5. The van der Waals surface area contributed by atoms with Gasteiger partial charge in [0.1, 0.15) is 0 Å². The number of fused-ring (bicyclic) bond motifs is 1. The fourth-order valence-corrected chi connectivity index (χ4v) is 3.05. The first kappa shape index (κ1) is 17.8. The van der Waals surface area contributed by atoms with Crippen molar-refractivity contribution in [3.8, 4) is 11.5 Å². The fraction of sp³-hybridized carbons (Fsp3) is 0.250. The number of carbonyl (C=O) groups is 1. The van der Waals surface area contributed by atoms with E-state index in [-0.39, 0.29) is 24.2 Å². The Morgan fingerprint density at radius 2 is 2.00 bits per heavy atom. The standard InChI is InChI=1S/C20H21N5O3/c1-12-3-4-13(2)15(7-12)10-25-19(21)18(23-24-25)20(26)22-9-14-5-6-16-17(8-14)28-11-27-16/h3-8H,9-11,21H2,1-2H3,(H,22,26). The van der Waals surface area contributed by atoms with Crippen LogP contribution < -0.4 is 20.5 Å². The van der Waals surface area contributed by atoms with Crippen LogP contribution in [-0.2, 0) is 13.1 Å². The van der Waals surface area contributed by atoms with Gasteiger partial charge in [0, 0.05) is 6.54 Å². The first-order valence-electron chi connectivity index (χ1n) is 8.93. The van der Waals surface area contributed by atoms with Crippen LogP contribution >= 0.6 is 0 Å². The van der Waals surface area contributed by atoms with Crippen molar-refractivity contribution in [1.82, 2.24) is 20.3 Å². The van der Waals surface area contributed by atoms with Crippen molar-refractivity contribution >= 4 is 11.7 Å². The van der Waals surface area contributed by atoms with Crippen molar-refractivity contribution in [2.45, 2.75) is 26.9 Å². The molecule has 0 spiro atoms. The van der Waals surface area contributed by atoms with E-state index in [4.69, 9.17) is 15.2 Å². The van der Waals surface area contributed by atoms with Gasteiger partial charge in [-0.25, -0.2) is 4.68 Å². The van der Waals surface area contributed by atoms with Crippen LogP contribution in [0.3, 0.4) is 0 Å². The van der Waals surface area contributed by atoms with Gasteiger partial charge in [0.25, 0.3) is 5.91 Å². The Labute approximate surface area is 162 Å². The highest BCUT2D eigenvalue weighted by Crippen LogP contribution is 2.32. The number of hydrogen-bond acceptors (Lipinski definition) is 6.